The summed E-state index contributed by atoms with van der Waals surface area (Å²) in [5.74, 6) is -0.241. The van der Waals surface area contributed by atoms with Crippen LogP contribution in [0.2, 0.25) is 0 Å². The summed E-state index contributed by atoms with van der Waals surface area (Å²) in [6, 6.07) is 5.58. The molecule has 0 saturated carbocycles. The molecule has 5 heteroatoms. The molecule has 0 bridgehead atoms. The first-order chi connectivity index (χ1) is 6.59. The van der Waals surface area contributed by atoms with Gasteiger partial charge in [0.05, 0.1) is 6.42 Å². The van der Waals surface area contributed by atoms with Gasteiger partial charge in [-0.15, -0.1) is 11.8 Å². The molecule has 0 spiro atoms. The highest BCUT2D eigenvalue weighted by Gasteiger charge is 2.02. The fourth-order valence-corrected chi connectivity index (χ4v) is 2.16. The van der Waals surface area contributed by atoms with Crippen molar-refractivity contribution in [1.82, 2.24) is 0 Å². The lowest BCUT2D eigenvalue weighted by Gasteiger charge is -2.04. The summed E-state index contributed by atoms with van der Waals surface area (Å²) >= 11 is 4.76. The minimum atomic E-state index is -0.784. The summed E-state index contributed by atoms with van der Waals surface area (Å²) in [5, 5.41) is 8.45. The van der Waals surface area contributed by atoms with Gasteiger partial charge < -0.3 is 10.8 Å². The highest BCUT2D eigenvalue weighted by atomic mass is 79.9. The molecule has 0 radical (unpaired) electrons. The topological polar surface area (TPSA) is 63.3 Å². The monoisotopic (exact) mass is 275 g/mol. The summed E-state index contributed by atoms with van der Waals surface area (Å²) in [4.78, 5) is 11.2. The van der Waals surface area contributed by atoms with Crippen LogP contribution in [0.1, 0.15) is 6.42 Å². The average Bonchev–Trinajstić information content (AvgIpc) is 2.08. The van der Waals surface area contributed by atoms with Crippen molar-refractivity contribution in [2.45, 2.75) is 11.3 Å². The number of benzene rings is 1. The summed E-state index contributed by atoms with van der Waals surface area (Å²) in [7, 11) is 0. The van der Waals surface area contributed by atoms with Gasteiger partial charge in [0.25, 0.3) is 0 Å². The van der Waals surface area contributed by atoms with Crippen LogP contribution in [0, 0.1) is 0 Å². The second-order valence-corrected chi connectivity index (χ2v) is 4.73. The molecule has 1 aromatic carbocycles. The Kier molecular flexibility index (Phi) is 4.28. The smallest absolute Gasteiger partial charge is 0.304 e. The minimum absolute atomic E-state index is 0.153. The Morgan fingerprint density at radius 2 is 2.29 bits per heavy atom. The van der Waals surface area contributed by atoms with Gasteiger partial charge >= 0.3 is 5.97 Å². The van der Waals surface area contributed by atoms with Crippen molar-refractivity contribution >= 4 is 39.3 Å². The Hall–Kier alpha value is -0.680. The average molecular weight is 276 g/mol. The second-order valence-electron chi connectivity index (χ2n) is 2.67. The molecule has 0 saturated heterocycles. The van der Waals surface area contributed by atoms with Gasteiger partial charge in [-0.25, -0.2) is 0 Å². The van der Waals surface area contributed by atoms with Crippen molar-refractivity contribution in [1.29, 1.82) is 0 Å². The van der Waals surface area contributed by atoms with E-state index >= 15 is 0 Å². The van der Waals surface area contributed by atoms with Gasteiger partial charge in [-0.1, -0.05) is 15.9 Å². The van der Waals surface area contributed by atoms with Gasteiger partial charge in [-0.3, -0.25) is 4.79 Å². The Morgan fingerprint density at radius 1 is 1.57 bits per heavy atom. The number of hydrogen-bond acceptors (Lipinski definition) is 3. The van der Waals surface area contributed by atoms with E-state index in [2.05, 4.69) is 15.9 Å². The molecule has 3 N–H and O–H groups in total. The van der Waals surface area contributed by atoms with Crippen LogP contribution in [-0.4, -0.2) is 16.8 Å². The van der Waals surface area contributed by atoms with Crippen LogP contribution in [-0.2, 0) is 4.79 Å². The third kappa shape index (κ3) is 3.59. The van der Waals surface area contributed by atoms with Crippen LogP contribution in [0.15, 0.2) is 27.6 Å². The number of thioether (sulfide) groups is 1. The number of carbonyl (C=O) groups is 1. The number of hydrogen-bond donors (Lipinski definition) is 2. The van der Waals surface area contributed by atoms with Crippen LogP contribution < -0.4 is 5.73 Å². The van der Waals surface area contributed by atoms with Crippen molar-refractivity contribution in [2.24, 2.45) is 0 Å². The van der Waals surface area contributed by atoms with E-state index in [0.29, 0.717) is 11.4 Å². The zero-order valence-corrected chi connectivity index (χ0v) is 9.77. The van der Waals surface area contributed by atoms with Crippen molar-refractivity contribution in [3.8, 4) is 0 Å². The first-order valence-electron chi connectivity index (χ1n) is 3.99. The normalized spacial score (nSPS) is 10.1. The molecule has 0 unspecified atom stereocenters. The molecule has 1 aromatic rings. The van der Waals surface area contributed by atoms with E-state index in [1.165, 1.54) is 11.8 Å². The Bertz CT molecular complexity index is 344. The van der Waals surface area contributed by atoms with E-state index in [4.69, 9.17) is 10.8 Å². The number of aliphatic carboxylic acids is 1. The van der Waals surface area contributed by atoms with E-state index in [9.17, 15) is 4.79 Å². The van der Waals surface area contributed by atoms with Crippen LogP contribution >= 0.6 is 27.7 Å². The lowest BCUT2D eigenvalue weighted by Crippen LogP contribution is -1.96. The number of nitrogen functional groups attached to an aromatic ring is 1. The predicted octanol–water partition coefficient (Wildman–Crippen LogP) is 2.60. The van der Waals surface area contributed by atoms with Gasteiger partial charge in [-0.05, 0) is 18.2 Å². The quantitative estimate of drug-likeness (QED) is 0.655. The molecule has 0 atom stereocenters. The molecule has 0 aliphatic carbocycles. The van der Waals surface area contributed by atoms with Gasteiger partial charge in [-0.2, -0.15) is 0 Å². The molecule has 3 nitrogen and oxygen atoms in total. The fourth-order valence-electron chi connectivity index (χ4n) is 0.899. The zero-order chi connectivity index (χ0) is 10.6. The maximum Gasteiger partial charge on any atom is 0.304 e. The number of anilines is 1. The summed E-state index contributed by atoms with van der Waals surface area (Å²) in [6.07, 6.45) is 0.153. The fraction of sp³-hybridized carbons (Fsp3) is 0.222. The number of nitrogens with two attached hydrogens (primary N) is 1. The molecule has 0 amide bonds. The summed E-state index contributed by atoms with van der Waals surface area (Å²) in [6.45, 7) is 0. The maximum absolute atomic E-state index is 10.3. The summed E-state index contributed by atoms with van der Waals surface area (Å²) < 4.78 is 0.928. The molecular weight excluding hydrogens is 266 g/mol. The molecule has 0 aliphatic heterocycles. The van der Waals surface area contributed by atoms with E-state index in [1.807, 2.05) is 18.2 Å². The van der Waals surface area contributed by atoms with E-state index in [0.717, 1.165) is 9.37 Å². The van der Waals surface area contributed by atoms with Crippen molar-refractivity contribution in [2.75, 3.05) is 11.5 Å². The highest BCUT2D eigenvalue weighted by molar-refractivity contribution is 9.10. The van der Waals surface area contributed by atoms with Crippen molar-refractivity contribution in [3.63, 3.8) is 0 Å². The molecule has 0 aromatic heterocycles. The van der Waals surface area contributed by atoms with Gasteiger partial charge in [0.15, 0.2) is 0 Å². The van der Waals surface area contributed by atoms with Crippen LogP contribution in [0.5, 0.6) is 0 Å². The van der Waals surface area contributed by atoms with E-state index in [-0.39, 0.29) is 6.42 Å². The van der Waals surface area contributed by atoms with Gasteiger partial charge in [0.1, 0.15) is 0 Å². The third-order valence-corrected chi connectivity index (χ3v) is 3.13. The van der Waals surface area contributed by atoms with Crippen LogP contribution in [0.25, 0.3) is 0 Å². The largest absolute Gasteiger partial charge is 0.481 e. The molecule has 14 heavy (non-hydrogen) atoms. The molecule has 76 valence electrons. The molecule has 0 heterocycles. The number of halogens is 1. The third-order valence-electron chi connectivity index (χ3n) is 1.55. The SMILES string of the molecule is Nc1cc(Br)ccc1SCCC(=O)O. The van der Waals surface area contributed by atoms with Crippen LogP contribution in [0.3, 0.4) is 0 Å². The Morgan fingerprint density at radius 3 is 2.86 bits per heavy atom. The molecule has 1 rings (SSSR count). The second kappa shape index (κ2) is 5.26. The van der Waals surface area contributed by atoms with Gasteiger partial charge in [0.2, 0.25) is 0 Å². The lowest BCUT2D eigenvalue weighted by atomic mass is 10.3. The maximum atomic E-state index is 10.3. The first kappa shape index (κ1) is 11.4. The zero-order valence-electron chi connectivity index (χ0n) is 7.37. The molecule has 0 fully saturated rings. The Labute approximate surface area is 94.8 Å². The number of rotatable bonds is 4. The molecular formula is C9H10BrNO2S. The molecule has 0 aliphatic rings. The van der Waals surface area contributed by atoms with Crippen molar-refractivity contribution < 1.29 is 9.90 Å². The first-order valence-corrected chi connectivity index (χ1v) is 5.77. The highest BCUT2D eigenvalue weighted by Crippen LogP contribution is 2.28. The predicted molar refractivity (Wildman–Crippen MR) is 61.5 cm³/mol. The Balaban J connectivity index is 2.55. The standard InChI is InChI=1S/C9H10BrNO2S/c10-6-1-2-8(7(11)5-6)14-4-3-9(12)13/h1-2,5H,3-4,11H2,(H,12,13). The van der Waals surface area contributed by atoms with Crippen molar-refractivity contribution in [3.05, 3.63) is 22.7 Å². The minimum Gasteiger partial charge on any atom is -0.481 e. The lowest BCUT2D eigenvalue weighted by molar-refractivity contribution is -0.136. The van der Waals surface area contributed by atoms with Crippen LogP contribution in [0.4, 0.5) is 5.69 Å². The van der Waals surface area contributed by atoms with E-state index < -0.39 is 5.97 Å². The number of carboxylic acids is 1. The van der Waals surface area contributed by atoms with Gasteiger partial charge in [0, 0.05) is 20.8 Å². The van der Waals surface area contributed by atoms with E-state index in [1.54, 1.807) is 0 Å². The summed E-state index contributed by atoms with van der Waals surface area (Å²) in [5.41, 5.74) is 6.42. The number of carboxylic acid groups (broad SMARTS) is 1.